The molecule has 0 aliphatic rings. The van der Waals surface area contributed by atoms with E-state index in [1.807, 2.05) is 42.7 Å². The number of benzene rings is 1. The fourth-order valence-electron chi connectivity index (χ4n) is 2.05. The predicted octanol–water partition coefficient (Wildman–Crippen LogP) is 2.62. The second kappa shape index (κ2) is 8.48. The van der Waals surface area contributed by atoms with Crippen LogP contribution in [0.4, 0.5) is 0 Å². The van der Waals surface area contributed by atoms with Crippen LogP contribution in [-0.4, -0.2) is 31.2 Å². The summed E-state index contributed by atoms with van der Waals surface area (Å²) in [4.78, 5) is 4.23. The highest BCUT2D eigenvalue weighted by Gasteiger charge is 2.02. The van der Waals surface area contributed by atoms with Crippen LogP contribution in [0.3, 0.4) is 0 Å². The smallest absolute Gasteiger partial charge is 0.191 e. The van der Waals surface area contributed by atoms with Crippen molar-refractivity contribution in [2.45, 2.75) is 13.1 Å². The van der Waals surface area contributed by atoms with Crippen molar-refractivity contribution in [1.82, 2.24) is 15.2 Å². The van der Waals surface area contributed by atoms with Crippen molar-refractivity contribution < 1.29 is 4.74 Å². The number of halogens is 1. The highest BCUT2D eigenvalue weighted by Crippen LogP contribution is 2.25. The number of ether oxygens (including phenoxy) is 1. The van der Waals surface area contributed by atoms with E-state index in [-0.39, 0.29) is 0 Å². The Morgan fingerprint density at radius 1 is 1.27 bits per heavy atom. The third-order valence-electron chi connectivity index (χ3n) is 3.23. The molecule has 118 valence electrons. The molecule has 1 aromatic carbocycles. The van der Waals surface area contributed by atoms with E-state index in [9.17, 15) is 0 Å². The molecule has 1 heterocycles. The van der Waals surface area contributed by atoms with Crippen molar-refractivity contribution in [3.8, 4) is 5.75 Å². The second-order valence-electron chi connectivity index (χ2n) is 4.74. The Balaban J connectivity index is 1.79. The molecule has 0 saturated carbocycles. The molecule has 0 unspecified atom stereocenters. The predicted molar refractivity (Wildman–Crippen MR) is 93.3 cm³/mol. The topological polar surface area (TPSA) is 50.6 Å². The maximum atomic E-state index is 5.23. The van der Waals surface area contributed by atoms with Gasteiger partial charge in [0, 0.05) is 39.1 Å². The molecule has 5 nitrogen and oxygen atoms in total. The van der Waals surface area contributed by atoms with Gasteiger partial charge in [0.1, 0.15) is 5.75 Å². The van der Waals surface area contributed by atoms with Gasteiger partial charge in [0.05, 0.1) is 11.6 Å². The van der Waals surface area contributed by atoms with Crippen molar-refractivity contribution in [3.63, 3.8) is 0 Å². The van der Waals surface area contributed by atoms with Crippen LogP contribution in [0.25, 0.3) is 0 Å². The van der Waals surface area contributed by atoms with E-state index < -0.39 is 0 Å². The molecule has 0 aliphatic carbocycles. The molecule has 0 bridgehead atoms. The van der Waals surface area contributed by atoms with Crippen molar-refractivity contribution >= 4 is 21.9 Å². The number of hydrogen-bond donors (Lipinski definition) is 2. The quantitative estimate of drug-likeness (QED) is 0.611. The average Bonchev–Trinajstić information content (AvgIpc) is 3.04. The summed E-state index contributed by atoms with van der Waals surface area (Å²) in [7, 11) is 3.43. The number of nitrogens with zero attached hydrogens (tertiary/aromatic N) is 2. The van der Waals surface area contributed by atoms with Gasteiger partial charge in [-0.3, -0.25) is 4.99 Å². The number of guanidine groups is 1. The lowest BCUT2D eigenvalue weighted by Gasteiger charge is -2.13. The van der Waals surface area contributed by atoms with Crippen LogP contribution in [0, 0.1) is 0 Å². The molecule has 0 radical (unpaired) electrons. The van der Waals surface area contributed by atoms with Gasteiger partial charge in [-0.1, -0.05) is 6.07 Å². The van der Waals surface area contributed by atoms with Crippen LogP contribution in [0.2, 0.25) is 0 Å². The Morgan fingerprint density at radius 2 is 2.05 bits per heavy atom. The minimum Gasteiger partial charge on any atom is -0.496 e. The standard InChI is InChI=1S/C16H21BrN4O/c1-18-16(19-7-10-21-8-3-4-9-21)20-12-13-5-6-15(22-2)14(17)11-13/h3-6,8-9,11H,7,10,12H2,1-2H3,(H2,18,19,20). The van der Waals surface area contributed by atoms with Gasteiger partial charge in [0.15, 0.2) is 5.96 Å². The molecule has 0 spiro atoms. The van der Waals surface area contributed by atoms with Crippen molar-refractivity contribution in [1.29, 1.82) is 0 Å². The normalized spacial score (nSPS) is 11.3. The zero-order chi connectivity index (χ0) is 15.8. The first-order chi connectivity index (χ1) is 10.7. The third kappa shape index (κ3) is 4.80. The maximum absolute atomic E-state index is 5.23. The van der Waals surface area contributed by atoms with E-state index in [1.165, 1.54) is 0 Å². The van der Waals surface area contributed by atoms with Gasteiger partial charge < -0.3 is 19.9 Å². The molecule has 0 atom stereocenters. The lowest BCUT2D eigenvalue weighted by atomic mass is 10.2. The van der Waals surface area contributed by atoms with E-state index in [0.29, 0.717) is 6.54 Å². The average molecular weight is 365 g/mol. The summed E-state index contributed by atoms with van der Waals surface area (Å²) in [6, 6.07) is 10.1. The third-order valence-corrected chi connectivity index (χ3v) is 3.85. The van der Waals surface area contributed by atoms with E-state index >= 15 is 0 Å². The minimum atomic E-state index is 0.700. The summed E-state index contributed by atoms with van der Waals surface area (Å²) in [6.45, 7) is 2.42. The van der Waals surface area contributed by atoms with Crippen LogP contribution in [0.15, 0.2) is 52.2 Å². The van der Waals surface area contributed by atoms with Gasteiger partial charge in [-0.25, -0.2) is 0 Å². The maximum Gasteiger partial charge on any atom is 0.191 e. The zero-order valence-corrected chi connectivity index (χ0v) is 14.4. The van der Waals surface area contributed by atoms with Crippen molar-refractivity contribution in [2.75, 3.05) is 20.7 Å². The Bertz CT molecular complexity index is 611. The highest BCUT2D eigenvalue weighted by atomic mass is 79.9. The molecule has 0 aliphatic heterocycles. The molecule has 0 fully saturated rings. The number of methoxy groups -OCH3 is 1. The lowest BCUT2D eigenvalue weighted by molar-refractivity contribution is 0.412. The molecule has 22 heavy (non-hydrogen) atoms. The summed E-state index contributed by atoms with van der Waals surface area (Å²) >= 11 is 3.49. The number of rotatable bonds is 6. The van der Waals surface area contributed by atoms with E-state index in [4.69, 9.17) is 4.74 Å². The van der Waals surface area contributed by atoms with Crippen molar-refractivity contribution in [2.24, 2.45) is 4.99 Å². The SMILES string of the molecule is CN=C(NCCn1cccc1)NCc1ccc(OC)c(Br)c1. The molecular weight excluding hydrogens is 344 g/mol. The molecule has 2 N–H and O–H groups in total. The Hall–Kier alpha value is -1.95. The van der Waals surface area contributed by atoms with Crippen LogP contribution < -0.4 is 15.4 Å². The van der Waals surface area contributed by atoms with Crippen LogP contribution in [-0.2, 0) is 13.1 Å². The van der Waals surface area contributed by atoms with Crippen LogP contribution in [0.1, 0.15) is 5.56 Å². The fourth-order valence-corrected chi connectivity index (χ4v) is 2.64. The van der Waals surface area contributed by atoms with Gasteiger partial charge in [0.25, 0.3) is 0 Å². The Labute approximate surface area is 139 Å². The zero-order valence-electron chi connectivity index (χ0n) is 12.8. The van der Waals surface area contributed by atoms with Gasteiger partial charge in [-0.05, 0) is 45.8 Å². The molecule has 2 aromatic rings. The summed E-state index contributed by atoms with van der Waals surface area (Å²) < 4.78 is 8.30. The molecule has 0 amide bonds. The molecule has 6 heteroatoms. The fraction of sp³-hybridized carbons (Fsp3) is 0.312. The van der Waals surface area contributed by atoms with Crippen molar-refractivity contribution in [3.05, 3.63) is 52.8 Å². The Kier molecular flexibility index (Phi) is 6.33. The van der Waals surface area contributed by atoms with Gasteiger partial charge in [0.2, 0.25) is 0 Å². The Morgan fingerprint density at radius 3 is 2.68 bits per heavy atom. The number of nitrogens with one attached hydrogen (secondary N) is 2. The molecular formula is C16H21BrN4O. The van der Waals surface area contributed by atoms with Gasteiger partial charge in [-0.15, -0.1) is 0 Å². The van der Waals surface area contributed by atoms with Gasteiger partial charge >= 0.3 is 0 Å². The second-order valence-corrected chi connectivity index (χ2v) is 5.60. The van der Waals surface area contributed by atoms with Crippen LogP contribution in [0.5, 0.6) is 5.75 Å². The highest BCUT2D eigenvalue weighted by molar-refractivity contribution is 9.10. The monoisotopic (exact) mass is 364 g/mol. The summed E-state index contributed by atoms with van der Waals surface area (Å²) in [5.74, 6) is 1.62. The summed E-state index contributed by atoms with van der Waals surface area (Å²) in [5, 5.41) is 6.60. The minimum absolute atomic E-state index is 0.700. The first-order valence-electron chi connectivity index (χ1n) is 7.10. The van der Waals surface area contributed by atoms with E-state index in [1.54, 1.807) is 14.2 Å². The largest absolute Gasteiger partial charge is 0.496 e. The van der Waals surface area contributed by atoms with Crippen LogP contribution >= 0.6 is 15.9 Å². The summed E-state index contributed by atoms with van der Waals surface area (Å²) in [5.41, 5.74) is 1.15. The number of aromatic nitrogens is 1. The number of hydrogen-bond acceptors (Lipinski definition) is 2. The lowest BCUT2D eigenvalue weighted by Crippen LogP contribution is -2.38. The number of aliphatic imine (C=N–C) groups is 1. The van der Waals surface area contributed by atoms with E-state index in [0.717, 1.165) is 34.8 Å². The first kappa shape index (κ1) is 16.4. The molecule has 1 aromatic heterocycles. The summed E-state index contributed by atoms with van der Waals surface area (Å²) in [6.07, 6.45) is 4.10. The first-order valence-corrected chi connectivity index (χ1v) is 7.90. The van der Waals surface area contributed by atoms with E-state index in [2.05, 4.69) is 36.1 Å². The molecule has 0 saturated heterocycles. The molecule has 2 rings (SSSR count). The van der Waals surface area contributed by atoms with Gasteiger partial charge in [-0.2, -0.15) is 0 Å².